The molecular weight excluding hydrogens is 274 g/mol. The summed E-state index contributed by atoms with van der Waals surface area (Å²) in [5, 5.41) is 19.6. The molecule has 0 heterocycles. The second kappa shape index (κ2) is 6.62. The molecule has 0 saturated heterocycles. The van der Waals surface area contributed by atoms with E-state index >= 15 is 0 Å². The van der Waals surface area contributed by atoms with E-state index in [2.05, 4.69) is 0 Å². The van der Waals surface area contributed by atoms with Crippen molar-refractivity contribution < 1.29 is 19.6 Å². The molecule has 108 valence electrons. The lowest BCUT2D eigenvalue weighted by molar-refractivity contribution is -0.385. The maximum absolute atomic E-state index is 10.9. The van der Waals surface area contributed by atoms with Crippen molar-refractivity contribution in [3.05, 3.63) is 63.7 Å². The Bertz CT molecular complexity index is 652. The van der Waals surface area contributed by atoms with E-state index in [0.29, 0.717) is 24.2 Å². The molecule has 0 aliphatic rings. The number of carbonyl (C=O) groups excluding carboxylic acids is 1. The van der Waals surface area contributed by atoms with Gasteiger partial charge in [0.05, 0.1) is 10.5 Å². The Kier molecular flexibility index (Phi) is 4.63. The number of benzene rings is 2. The molecular formula is C15H13NO5. The fraction of sp³-hybridized carbons (Fsp3) is 0.133. The van der Waals surface area contributed by atoms with Crippen molar-refractivity contribution in [3.63, 3.8) is 0 Å². The van der Waals surface area contributed by atoms with E-state index in [9.17, 15) is 14.9 Å². The Morgan fingerprint density at radius 3 is 2.38 bits per heavy atom. The van der Waals surface area contributed by atoms with Crippen LogP contribution in [0.4, 0.5) is 5.69 Å². The standard InChI is InChI=1S/C15H13NO5/c17-8-7-11-1-3-13(4-2-11)21-14-5-6-15(16(19)20)12(9-14)10-18/h1-6,9-10,17H,7-8H2. The number of aldehydes is 1. The zero-order valence-corrected chi connectivity index (χ0v) is 11.1. The summed E-state index contributed by atoms with van der Waals surface area (Å²) in [6.07, 6.45) is 0.989. The Balaban J connectivity index is 2.19. The number of aliphatic hydroxyl groups excluding tert-OH is 1. The second-order valence-corrected chi connectivity index (χ2v) is 4.32. The molecule has 1 N–H and O–H groups in total. The maximum Gasteiger partial charge on any atom is 0.280 e. The van der Waals surface area contributed by atoms with E-state index in [1.807, 2.05) is 12.1 Å². The third-order valence-corrected chi connectivity index (χ3v) is 2.88. The maximum atomic E-state index is 10.9. The number of hydrogen-bond donors (Lipinski definition) is 1. The van der Waals surface area contributed by atoms with Crippen LogP contribution in [0.5, 0.6) is 11.5 Å². The number of nitrogens with zero attached hydrogens (tertiary/aromatic N) is 1. The number of aliphatic hydroxyl groups is 1. The van der Waals surface area contributed by atoms with Gasteiger partial charge < -0.3 is 9.84 Å². The number of rotatable bonds is 6. The molecule has 0 unspecified atom stereocenters. The monoisotopic (exact) mass is 287 g/mol. The molecule has 2 rings (SSSR count). The van der Waals surface area contributed by atoms with Gasteiger partial charge in [0.15, 0.2) is 6.29 Å². The van der Waals surface area contributed by atoms with Gasteiger partial charge in [0.25, 0.3) is 5.69 Å². The highest BCUT2D eigenvalue weighted by atomic mass is 16.6. The Morgan fingerprint density at radius 1 is 1.14 bits per heavy atom. The SMILES string of the molecule is O=Cc1cc(Oc2ccc(CCO)cc2)ccc1[N+](=O)[O-]. The first-order chi connectivity index (χ1) is 10.1. The van der Waals surface area contributed by atoms with Crippen LogP contribution in [-0.4, -0.2) is 22.9 Å². The number of hydrogen-bond acceptors (Lipinski definition) is 5. The van der Waals surface area contributed by atoms with Crippen LogP contribution in [0.3, 0.4) is 0 Å². The molecule has 0 bridgehead atoms. The first-order valence-corrected chi connectivity index (χ1v) is 6.25. The number of nitro benzene ring substituents is 1. The van der Waals surface area contributed by atoms with E-state index in [-0.39, 0.29) is 17.9 Å². The quantitative estimate of drug-likeness (QED) is 0.501. The minimum atomic E-state index is -0.614. The number of nitro groups is 1. The summed E-state index contributed by atoms with van der Waals surface area (Å²) in [6, 6.07) is 11.1. The van der Waals surface area contributed by atoms with Crippen molar-refractivity contribution in [1.29, 1.82) is 0 Å². The molecule has 0 saturated carbocycles. The molecule has 0 radical (unpaired) electrons. The van der Waals surface area contributed by atoms with Gasteiger partial charge in [0, 0.05) is 12.7 Å². The summed E-state index contributed by atoms with van der Waals surface area (Å²) >= 11 is 0. The van der Waals surface area contributed by atoms with Crippen LogP contribution in [0, 0.1) is 10.1 Å². The summed E-state index contributed by atoms with van der Waals surface area (Å²) in [4.78, 5) is 21.0. The number of carbonyl (C=O) groups is 1. The van der Waals surface area contributed by atoms with Gasteiger partial charge in [-0.15, -0.1) is 0 Å². The van der Waals surface area contributed by atoms with Gasteiger partial charge >= 0.3 is 0 Å². The lowest BCUT2D eigenvalue weighted by atomic mass is 10.1. The molecule has 0 atom stereocenters. The van der Waals surface area contributed by atoms with Gasteiger partial charge in [-0.05, 0) is 36.2 Å². The molecule has 2 aromatic rings. The normalized spacial score (nSPS) is 10.1. The zero-order chi connectivity index (χ0) is 15.2. The van der Waals surface area contributed by atoms with Crippen LogP contribution in [0.1, 0.15) is 15.9 Å². The Morgan fingerprint density at radius 2 is 1.81 bits per heavy atom. The van der Waals surface area contributed by atoms with Crippen molar-refractivity contribution in [2.24, 2.45) is 0 Å². The van der Waals surface area contributed by atoms with Gasteiger partial charge in [0.1, 0.15) is 11.5 Å². The Labute approximate surface area is 120 Å². The predicted octanol–water partition coefficient (Wildman–Crippen LogP) is 2.73. The van der Waals surface area contributed by atoms with E-state index in [1.54, 1.807) is 12.1 Å². The lowest BCUT2D eigenvalue weighted by Crippen LogP contribution is -1.95. The third-order valence-electron chi connectivity index (χ3n) is 2.88. The zero-order valence-electron chi connectivity index (χ0n) is 11.1. The minimum absolute atomic E-state index is 0.0330. The fourth-order valence-corrected chi connectivity index (χ4v) is 1.85. The molecule has 2 aromatic carbocycles. The van der Waals surface area contributed by atoms with Gasteiger partial charge in [-0.1, -0.05) is 12.1 Å². The van der Waals surface area contributed by atoms with Crippen molar-refractivity contribution >= 4 is 12.0 Å². The van der Waals surface area contributed by atoms with Crippen LogP contribution < -0.4 is 4.74 Å². The lowest BCUT2D eigenvalue weighted by Gasteiger charge is -2.07. The van der Waals surface area contributed by atoms with Gasteiger partial charge in [-0.2, -0.15) is 0 Å². The topological polar surface area (TPSA) is 89.7 Å². The average Bonchev–Trinajstić information content (AvgIpc) is 2.49. The third kappa shape index (κ3) is 3.64. The first kappa shape index (κ1) is 14.7. The van der Waals surface area contributed by atoms with E-state index < -0.39 is 4.92 Å². The Hall–Kier alpha value is -2.73. The molecule has 0 spiro atoms. The summed E-state index contributed by atoms with van der Waals surface area (Å²) < 4.78 is 5.54. The smallest absolute Gasteiger partial charge is 0.280 e. The highest BCUT2D eigenvalue weighted by Gasteiger charge is 2.14. The van der Waals surface area contributed by atoms with Crippen LogP contribution in [0.25, 0.3) is 0 Å². The van der Waals surface area contributed by atoms with Crippen molar-refractivity contribution in [2.45, 2.75) is 6.42 Å². The van der Waals surface area contributed by atoms with Gasteiger partial charge in [-0.3, -0.25) is 14.9 Å². The number of ether oxygens (including phenoxy) is 1. The molecule has 6 nitrogen and oxygen atoms in total. The molecule has 0 aliphatic heterocycles. The van der Waals surface area contributed by atoms with E-state index in [1.165, 1.54) is 18.2 Å². The highest BCUT2D eigenvalue weighted by Crippen LogP contribution is 2.27. The molecule has 0 aliphatic carbocycles. The molecule has 0 amide bonds. The minimum Gasteiger partial charge on any atom is -0.457 e. The summed E-state index contributed by atoms with van der Waals surface area (Å²) in [7, 11) is 0. The van der Waals surface area contributed by atoms with Crippen LogP contribution in [0.15, 0.2) is 42.5 Å². The average molecular weight is 287 g/mol. The van der Waals surface area contributed by atoms with Gasteiger partial charge in [0.2, 0.25) is 0 Å². The molecule has 6 heteroatoms. The molecule has 0 aromatic heterocycles. The summed E-state index contributed by atoms with van der Waals surface area (Å²) in [6.45, 7) is 0.0747. The molecule has 21 heavy (non-hydrogen) atoms. The summed E-state index contributed by atoms with van der Waals surface area (Å²) in [5.41, 5.74) is 0.687. The van der Waals surface area contributed by atoms with Gasteiger partial charge in [-0.25, -0.2) is 0 Å². The molecule has 0 fully saturated rings. The van der Waals surface area contributed by atoms with E-state index in [0.717, 1.165) is 5.56 Å². The van der Waals surface area contributed by atoms with Crippen molar-refractivity contribution in [1.82, 2.24) is 0 Å². The van der Waals surface area contributed by atoms with Crippen LogP contribution >= 0.6 is 0 Å². The van der Waals surface area contributed by atoms with Crippen molar-refractivity contribution in [2.75, 3.05) is 6.61 Å². The van der Waals surface area contributed by atoms with Crippen molar-refractivity contribution in [3.8, 4) is 11.5 Å². The second-order valence-electron chi connectivity index (χ2n) is 4.32. The first-order valence-electron chi connectivity index (χ1n) is 6.25. The van der Waals surface area contributed by atoms with Crippen LogP contribution in [0.2, 0.25) is 0 Å². The summed E-state index contributed by atoms with van der Waals surface area (Å²) in [5.74, 6) is 0.889. The fourth-order valence-electron chi connectivity index (χ4n) is 1.85. The van der Waals surface area contributed by atoms with E-state index in [4.69, 9.17) is 9.84 Å². The predicted molar refractivity (Wildman–Crippen MR) is 75.8 cm³/mol. The largest absolute Gasteiger partial charge is 0.457 e. The highest BCUT2D eigenvalue weighted by molar-refractivity contribution is 5.82. The van der Waals surface area contributed by atoms with Crippen LogP contribution in [-0.2, 0) is 6.42 Å².